The predicted molar refractivity (Wildman–Crippen MR) is 83.0 cm³/mol. The zero-order chi connectivity index (χ0) is 16.1. The summed E-state index contributed by atoms with van der Waals surface area (Å²) in [6, 6.07) is 8.48. The highest BCUT2D eigenvalue weighted by molar-refractivity contribution is 5.89. The van der Waals surface area contributed by atoms with E-state index in [0.717, 1.165) is 23.8 Å². The number of benzene rings is 2. The van der Waals surface area contributed by atoms with Crippen molar-refractivity contribution in [1.82, 2.24) is 5.32 Å². The topological polar surface area (TPSA) is 41.1 Å². The molecule has 2 rings (SSSR count). The summed E-state index contributed by atoms with van der Waals surface area (Å²) >= 11 is 0. The van der Waals surface area contributed by atoms with Crippen molar-refractivity contribution < 1.29 is 13.6 Å². The van der Waals surface area contributed by atoms with Crippen LogP contribution in [-0.4, -0.2) is 12.6 Å². The average Bonchev–Trinajstić information content (AvgIpc) is 2.45. The van der Waals surface area contributed by atoms with Gasteiger partial charge < -0.3 is 10.6 Å². The molecule has 2 amide bonds. The number of hydrogen-bond acceptors (Lipinski definition) is 1. The molecule has 116 valence electrons. The van der Waals surface area contributed by atoms with Gasteiger partial charge in [-0.05, 0) is 43.5 Å². The lowest BCUT2D eigenvalue weighted by atomic mass is 10.0. The Morgan fingerprint density at radius 3 is 2.59 bits per heavy atom. The first-order valence-corrected chi connectivity index (χ1v) is 7.02. The van der Waals surface area contributed by atoms with E-state index >= 15 is 0 Å². The molecule has 0 saturated heterocycles. The van der Waals surface area contributed by atoms with Crippen LogP contribution in [0.25, 0.3) is 0 Å². The van der Waals surface area contributed by atoms with Crippen LogP contribution in [0.2, 0.25) is 0 Å². The summed E-state index contributed by atoms with van der Waals surface area (Å²) in [7, 11) is 0. The quantitative estimate of drug-likeness (QED) is 0.882. The summed E-state index contributed by atoms with van der Waals surface area (Å²) < 4.78 is 26.4. The third-order valence-corrected chi connectivity index (χ3v) is 3.35. The van der Waals surface area contributed by atoms with Crippen molar-refractivity contribution in [3.63, 3.8) is 0 Å². The van der Waals surface area contributed by atoms with Crippen LogP contribution in [-0.2, 0) is 6.42 Å². The second-order valence-electron chi connectivity index (χ2n) is 5.19. The number of aryl methyl sites for hydroxylation is 2. The minimum absolute atomic E-state index is 0.177. The van der Waals surface area contributed by atoms with Crippen molar-refractivity contribution in [1.29, 1.82) is 0 Å². The summed E-state index contributed by atoms with van der Waals surface area (Å²) in [5, 5.41) is 4.92. The Balaban J connectivity index is 1.86. The first-order valence-electron chi connectivity index (χ1n) is 7.02. The van der Waals surface area contributed by atoms with Crippen LogP contribution in [0.1, 0.15) is 16.7 Å². The number of hydrogen-bond donors (Lipinski definition) is 2. The molecule has 5 heteroatoms. The van der Waals surface area contributed by atoms with Gasteiger partial charge >= 0.3 is 6.03 Å². The van der Waals surface area contributed by atoms with Crippen molar-refractivity contribution in [3.8, 4) is 0 Å². The van der Waals surface area contributed by atoms with E-state index in [0.29, 0.717) is 13.0 Å². The maximum Gasteiger partial charge on any atom is 0.319 e. The van der Waals surface area contributed by atoms with Crippen molar-refractivity contribution in [3.05, 3.63) is 64.7 Å². The minimum Gasteiger partial charge on any atom is -0.338 e. The fourth-order valence-corrected chi connectivity index (χ4v) is 2.20. The second kappa shape index (κ2) is 7.02. The number of nitrogens with one attached hydrogen (secondary N) is 2. The first kappa shape index (κ1) is 15.9. The van der Waals surface area contributed by atoms with E-state index in [1.807, 2.05) is 26.0 Å². The lowest BCUT2D eigenvalue weighted by molar-refractivity contribution is 0.252. The number of rotatable bonds is 4. The van der Waals surface area contributed by atoms with Crippen LogP contribution in [0.3, 0.4) is 0 Å². The Kier molecular flexibility index (Phi) is 5.09. The Bertz CT molecular complexity index is 686. The first-order chi connectivity index (χ1) is 10.5. The lowest BCUT2D eigenvalue weighted by Crippen LogP contribution is -2.30. The van der Waals surface area contributed by atoms with E-state index in [1.165, 1.54) is 11.1 Å². The molecule has 0 aliphatic heterocycles. The largest absolute Gasteiger partial charge is 0.338 e. The van der Waals surface area contributed by atoms with E-state index < -0.39 is 17.7 Å². The van der Waals surface area contributed by atoms with Crippen molar-refractivity contribution in [2.24, 2.45) is 0 Å². The summed E-state index contributed by atoms with van der Waals surface area (Å²) in [6.07, 6.45) is 0.672. The standard InChI is InChI=1S/C17H18F2N2O/c1-11-3-4-13(12(2)9-11)7-8-20-17(22)21-16-10-14(18)5-6-15(16)19/h3-6,9-10H,7-8H2,1-2H3,(H2,20,21,22). The fraction of sp³-hybridized carbons (Fsp3) is 0.235. The molecule has 22 heavy (non-hydrogen) atoms. The SMILES string of the molecule is Cc1ccc(CCNC(=O)Nc2cc(F)ccc2F)c(C)c1. The summed E-state index contributed by atoms with van der Waals surface area (Å²) in [6.45, 7) is 4.45. The molecule has 2 N–H and O–H groups in total. The Hall–Kier alpha value is -2.43. The summed E-state index contributed by atoms with van der Waals surface area (Å²) in [5.74, 6) is -1.28. The third-order valence-electron chi connectivity index (χ3n) is 3.35. The van der Waals surface area contributed by atoms with Gasteiger partial charge in [-0.25, -0.2) is 13.6 Å². The van der Waals surface area contributed by atoms with Gasteiger partial charge in [-0.1, -0.05) is 23.8 Å². The van der Waals surface area contributed by atoms with Crippen LogP contribution in [0.4, 0.5) is 19.3 Å². The van der Waals surface area contributed by atoms with E-state index in [1.54, 1.807) is 0 Å². The van der Waals surface area contributed by atoms with Gasteiger partial charge in [0, 0.05) is 12.6 Å². The van der Waals surface area contributed by atoms with Gasteiger partial charge in [0.2, 0.25) is 0 Å². The maximum absolute atomic E-state index is 13.4. The number of urea groups is 1. The normalized spacial score (nSPS) is 10.4. The lowest BCUT2D eigenvalue weighted by Gasteiger charge is -2.10. The molecule has 0 atom stereocenters. The van der Waals surface area contributed by atoms with Gasteiger partial charge in [0.1, 0.15) is 11.6 Å². The van der Waals surface area contributed by atoms with Crippen LogP contribution in [0.5, 0.6) is 0 Å². The number of halogens is 2. The van der Waals surface area contributed by atoms with Crippen LogP contribution >= 0.6 is 0 Å². The third kappa shape index (κ3) is 4.28. The molecule has 0 saturated carbocycles. The summed E-state index contributed by atoms with van der Waals surface area (Å²) in [5.41, 5.74) is 3.32. The van der Waals surface area contributed by atoms with Gasteiger partial charge in [-0.3, -0.25) is 0 Å². The monoisotopic (exact) mass is 304 g/mol. The predicted octanol–water partition coefficient (Wildman–Crippen LogP) is 3.95. The van der Waals surface area contributed by atoms with Gasteiger partial charge in [-0.2, -0.15) is 0 Å². The number of carbonyl (C=O) groups excluding carboxylic acids is 1. The zero-order valence-corrected chi connectivity index (χ0v) is 12.5. The van der Waals surface area contributed by atoms with Gasteiger partial charge in [0.05, 0.1) is 5.69 Å². The molecule has 0 aliphatic carbocycles. The molecule has 2 aromatic carbocycles. The molecule has 0 spiro atoms. The van der Waals surface area contributed by atoms with Gasteiger partial charge in [0.25, 0.3) is 0 Å². The highest BCUT2D eigenvalue weighted by atomic mass is 19.1. The molecule has 0 heterocycles. The molecular formula is C17H18F2N2O. The smallest absolute Gasteiger partial charge is 0.319 e. The Labute approximate surface area is 128 Å². The van der Waals surface area contributed by atoms with E-state index in [2.05, 4.69) is 16.7 Å². The van der Waals surface area contributed by atoms with Crippen molar-refractivity contribution >= 4 is 11.7 Å². The number of anilines is 1. The molecule has 0 unspecified atom stereocenters. The molecule has 0 bridgehead atoms. The molecular weight excluding hydrogens is 286 g/mol. The molecule has 0 aliphatic rings. The molecule has 2 aromatic rings. The van der Waals surface area contributed by atoms with E-state index in [9.17, 15) is 13.6 Å². The van der Waals surface area contributed by atoms with Crippen molar-refractivity contribution in [2.45, 2.75) is 20.3 Å². The van der Waals surface area contributed by atoms with Crippen LogP contribution in [0.15, 0.2) is 36.4 Å². The second-order valence-corrected chi connectivity index (χ2v) is 5.19. The van der Waals surface area contributed by atoms with E-state index in [4.69, 9.17) is 0 Å². The van der Waals surface area contributed by atoms with Gasteiger partial charge in [0.15, 0.2) is 0 Å². The van der Waals surface area contributed by atoms with Gasteiger partial charge in [-0.15, -0.1) is 0 Å². The number of amides is 2. The molecule has 0 fully saturated rings. The van der Waals surface area contributed by atoms with E-state index in [-0.39, 0.29) is 5.69 Å². The zero-order valence-electron chi connectivity index (χ0n) is 12.5. The fourth-order valence-electron chi connectivity index (χ4n) is 2.20. The highest BCUT2D eigenvalue weighted by Crippen LogP contribution is 2.15. The van der Waals surface area contributed by atoms with Crippen LogP contribution < -0.4 is 10.6 Å². The summed E-state index contributed by atoms with van der Waals surface area (Å²) in [4.78, 5) is 11.7. The molecule has 3 nitrogen and oxygen atoms in total. The van der Waals surface area contributed by atoms with Crippen molar-refractivity contribution in [2.75, 3.05) is 11.9 Å². The molecule has 0 aromatic heterocycles. The Morgan fingerprint density at radius 1 is 1.09 bits per heavy atom. The molecule has 0 radical (unpaired) electrons. The van der Waals surface area contributed by atoms with Crippen LogP contribution in [0, 0.1) is 25.5 Å². The average molecular weight is 304 g/mol. The highest BCUT2D eigenvalue weighted by Gasteiger charge is 2.08. The Morgan fingerprint density at radius 2 is 1.86 bits per heavy atom. The maximum atomic E-state index is 13.4. The minimum atomic E-state index is -0.675. The number of carbonyl (C=O) groups is 1.